The number of para-hydroxylation sites is 1. The molecule has 0 bridgehead atoms. The summed E-state index contributed by atoms with van der Waals surface area (Å²) in [5.74, 6) is 0. The molecule has 0 N–H and O–H groups in total. The van der Waals surface area contributed by atoms with Gasteiger partial charge in [0.25, 0.3) is 0 Å². The molecule has 1 aliphatic carbocycles. The van der Waals surface area contributed by atoms with Crippen molar-refractivity contribution in [2.24, 2.45) is 0 Å². The van der Waals surface area contributed by atoms with E-state index >= 15 is 0 Å². The smallest absolute Gasteiger partial charge is 0.0969 e. The molecule has 0 saturated carbocycles. The highest BCUT2D eigenvalue weighted by atomic mass is 32.2. The molecule has 0 spiro atoms. The summed E-state index contributed by atoms with van der Waals surface area (Å²) in [5, 5.41) is 3.99. The van der Waals surface area contributed by atoms with Gasteiger partial charge in [0.1, 0.15) is 0 Å². The second-order valence-corrected chi connectivity index (χ2v) is 21.4. The maximum Gasteiger partial charge on any atom is 0.0969 e. The van der Waals surface area contributed by atoms with E-state index in [0.717, 1.165) is 12.1 Å². The predicted octanol–water partition coefficient (Wildman–Crippen LogP) is 18.9. The highest BCUT2D eigenvalue weighted by molar-refractivity contribution is 8.09. The molecule has 0 fully saturated rings. The van der Waals surface area contributed by atoms with Crippen LogP contribution < -0.4 is 4.90 Å². The second kappa shape index (κ2) is 18.0. The van der Waals surface area contributed by atoms with E-state index in [0.29, 0.717) is 0 Å². The lowest BCUT2D eigenvalue weighted by atomic mass is 9.67. The van der Waals surface area contributed by atoms with Crippen LogP contribution in [0, 0.1) is 0 Å². The number of nitrogens with zero attached hydrogens (tertiary/aromatic N) is 2. The van der Waals surface area contributed by atoms with Crippen molar-refractivity contribution >= 4 is 60.5 Å². The Hall–Kier alpha value is -8.41. The maximum absolute atomic E-state index is 2.54. The van der Waals surface area contributed by atoms with Crippen molar-refractivity contribution in [3.8, 4) is 49.5 Å². The molecule has 4 heteroatoms. The Balaban J connectivity index is 0.794. The molecule has 2 aliphatic rings. The Bertz CT molecular complexity index is 3970. The minimum Gasteiger partial charge on any atom is -0.320 e. The minimum atomic E-state index is -0.470. The molecule has 2 aromatic heterocycles. The summed E-state index contributed by atoms with van der Waals surface area (Å²) < 4.78 is 2.47. The Morgan fingerprint density at radius 1 is 0.411 bits per heavy atom. The van der Waals surface area contributed by atoms with Crippen LogP contribution in [-0.2, 0) is 5.41 Å². The average Bonchev–Trinajstić information content (AvgIpc) is 4.33. The normalized spacial score (nSPS) is 14.5. The molecule has 2 nitrogen and oxygen atoms in total. The fourth-order valence-electron chi connectivity index (χ4n) is 11.7. The van der Waals surface area contributed by atoms with Crippen LogP contribution in [0.3, 0.4) is 0 Å². The zero-order chi connectivity index (χ0) is 48.3. The van der Waals surface area contributed by atoms with Crippen LogP contribution in [0.1, 0.15) is 34.2 Å². The molecule has 14 rings (SSSR count). The highest BCUT2D eigenvalue weighted by Gasteiger charge is 2.46. The van der Waals surface area contributed by atoms with Crippen molar-refractivity contribution in [1.29, 1.82) is 0 Å². The summed E-state index contributed by atoms with van der Waals surface area (Å²) in [6.07, 6.45) is 3.38. The van der Waals surface area contributed by atoms with Crippen molar-refractivity contribution in [3.05, 3.63) is 301 Å². The van der Waals surface area contributed by atoms with E-state index in [1.54, 1.807) is 0 Å². The van der Waals surface area contributed by atoms with E-state index < -0.39 is 5.41 Å². The monoisotopic (exact) mass is 968 g/mol. The van der Waals surface area contributed by atoms with Gasteiger partial charge >= 0.3 is 0 Å². The van der Waals surface area contributed by atoms with Gasteiger partial charge in [0.2, 0.25) is 0 Å². The quantitative estimate of drug-likeness (QED) is 0.135. The van der Waals surface area contributed by atoms with Crippen molar-refractivity contribution in [3.63, 3.8) is 0 Å². The standard InChI is InChI=1S/C69H48N2S2/c1-5-17-50(18-6-1)65-41-43-67(72-65)71(68-44-42-66(73-68)51-19-7-2-8-20-51)55-36-33-48(34-37-55)47-29-31-49(32-30-47)52-35-40-64-60(45-52)59-26-14-16-28-63(59)70(64)56-38-39-58-57-25-13-15-27-61(57)69(62(58)46-56,53-21-9-3-10-22-53)54-23-11-4-12-24-54/h1-43,45-46,68H,44H2. The first kappa shape index (κ1) is 43.4. The number of thiophene rings is 1. The van der Waals surface area contributed by atoms with E-state index in [1.165, 1.54) is 109 Å². The first-order valence-corrected chi connectivity index (χ1v) is 26.9. The topological polar surface area (TPSA) is 8.17 Å². The lowest BCUT2D eigenvalue weighted by molar-refractivity contribution is 0.767. The summed E-state index contributed by atoms with van der Waals surface area (Å²) in [5.41, 5.74) is 19.4. The second-order valence-electron chi connectivity index (χ2n) is 19.1. The SMILES string of the molecule is C1=C(c2ccccc2)SC(N(c2ccc(-c3ccc(-c4ccc5c(c4)c4ccccc4n5-c4ccc5c(c4)C(c4ccccc4)(c4ccccc4)c4ccccc4-5)cc3)cc2)c2ccc(-c3ccccc3)s2)C1. The first-order chi connectivity index (χ1) is 36.2. The van der Waals surface area contributed by atoms with Gasteiger partial charge in [0.15, 0.2) is 0 Å². The van der Waals surface area contributed by atoms with Crippen LogP contribution in [-0.4, -0.2) is 9.94 Å². The molecule has 12 aromatic rings. The van der Waals surface area contributed by atoms with Gasteiger partial charge in [-0.25, -0.2) is 0 Å². The van der Waals surface area contributed by atoms with Crippen molar-refractivity contribution in [2.45, 2.75) is 17.2 Å². The largest absolute Gasteiger partial charge is 0.320 e. The zero-order valence-electron chi connectivity index (χ0n) is 40.0. The van der Waals surface area contributed by atoms with Crippen LogP contribution >= 0.6 is 23.1 Å². The molecule has 1 atom stereocenters. The third-order valence-electron chi connectivity index (χ3n) is 15.1. The van der Waals surface area contributed by atoms with Crippen LogP contribution in [0.15, 0.2) is 273 Å². The molecule has 73 heavy (non-hydrogen) atoms. The number of fused-ring (bicyclic) bond motifs is 6. The number of hydrogen-bond donors (Lipinski definition) is 0. The summed E-state index contributed by atoms with van der Waals surface area (Å²) in [6, 6.07) is 98.6. The van der Waals surface area contributed by atoms with E-state index in [2.05, 4.69) is 282 Å². The number of hydrogen-bond acceptors (Lipinski definition) is 3. The van der Waals surface area contributed by atoms with Gasteiger partial charge in [-0.1, -0.05) is 218 Å². The number of benzene rings is 10. The highest BCUT2D eigenvalue weighted by Crippen LogP contribution is 2.57. The molecule has 0 amide bonds. The van der Waals surface area contributed by atoms with Gasteiger partial charge in [-0.15, -0.1) is 23.1 Å². The third kappa shape index (κ3) is 7.32. The summed E-state index contributed by atoms with van der Waals surface area (Å²) in [4.78, 5) is 5.17. The number of rotatable bonds is 10. The first-order valence-electron chi connectivity index (χ1n) is 25.2. The van der Waals surface area contributed by atoms with Gasteiger partial charge in [-0.3, -0.25) is 0 Å². The summed E-state index contributed by atoms with van der Waals surface area (Å²) in [7, 11) is 0. The lowest BCUT2D eigenvalue weighted by Gasteiger charge is -2.34. The lowest BCUT2D eigenvalue weighted by Crippen LogP contribution is -2.28. The predicted molar refractivity (Wildman–Crippen MR) is 311 cm³/mol. The van der Waals surface area contributed by atoms with Gasteiger partial charge in [0, 0.05) is 31.9 Å². The van der Waals surface area contributed by atoms with Crippen LogP contribution in [0.2, 0.25) is 0 Å². The molecular weight excluding hydrogens is 921 g/mol. The minimum absolute atomic E-state index is 0.249. The molecule has 1 aliphatic heterocycles. The van der Waals surface area contributed by atoms with Crippen molar-refractivity contribution in [1.82, 2.24) is 4.57 Å². The zero-order valence-corrected chi connectivity index (χ0v) is 41.6. The molecule has 1 unspecified atom stereocenters. The van der Waals surface area contributed by atoms with E-state index in [1.807, 2.05) is 23.1 Å². The maximum atomic E-state index is 2.54. The number of anilines is 2. The molecule has 10 aromatic carbocycles. The van der Waals surface area contributed by atoms with Crippen LogP contribution in [0.5, 0.6) is 0 Å². The Morgan fingerprint density at radius 3 is 1.68 bits per heavy atom. The molecule has 346 valence electrons. The molecular formula is C69H48N2S2. The van der Waals surface area contributed by atoms with Crippen molar-refractivity contribution < 1.29 is 0 Å². The third-order valence-corrected chi connectivity index (χ3v) is 17.5. The summed E-state index contributed by atoms with van der Waals surface area (Å²) >= 11 is 3.82. The Kier molecular flexibility index (Phi) is 10.7. The van der Waals surface area contributed by atoms with E-state index in [9.17, 15) is 0 Å². The fourth-order valence-corrected chi connectivity index (χ4v) is 14.2. The Morgan fingerprint density at radius 2 is 0.973 bits per heavy atom. The van der Waals surface area contributed by atoms with E-state index in [-0.39, 0.29) is 5.37 Å². The van der Waals surface area contributed by atoms with Gasteiger partial charge in [-0.05, 0) is 128 Å². The molecule has 3 heterocycles. The van der Waals surface area contributed by atoms with E-state index in [4.69, 9.17) is 0 Å². The van der Waals surface area contributed by atoms with Crippen LogP contribution in [0.25, 0.3) is 76.2 Å². The average molecular weight is 969 g/mol. The Labute approximate surface area is 434 Å². The van der Waals surface area contributed by atoms with Gasteiger partial charge < -0.3 is 9.47 Å². The number of aromatic nitrogens is 1. The van der Waals surface area contributed by atoms with Crippen molar-refractivity contribution in [2.75, 3.05) is 4.90 Å². The fraction of sp³-hybridized carbons (Fsp3) is 0.0435. The molecule has 0 saturated heterocycles. The number of thioether (sulfide) groups is 1. The van der Waals surface area contributed by atoms with Gasteiger partial charge in [0.05, 0.1) is 26.8 Å². The molecule has 0 radical (unpaired) electrons. The van der Waals surface area contributed by atoms with Crippen LogP contribution in [0.4, 0.5) is 10.7 Å². The van der Waals surface area contributed by atoms with Gasteiger partial charge in [-0.2, -0.15) is 0 Å². The summed E-state index contributed by atoms with van der Waals surface area (Å²) in [6.45, 7) is 0.